The Morgan fingerprint density at radius 1 is 1.59 bits per heavy atom. The van der Waals surface area contributed by atoms with Gasteiger partial charge in [0.2, 0.25) is 0 Å². The molecule has 0 aromatic heterocycles. The number of hydrogen-bond donors (Lipinski definition) is 1. The van der Waals surface area contributed by atoms with E-state index in [0.29, 0.717) is 13.2 Å². The molecule has 0 saturated carbocycles. The lowest BCUT2D eigenvalue weighted by molar-refractivity contribution is -0.143. The van der Waals surface area contributed by atoms with Crippen molar-refractivity contribution in [1.29, 1.82) is 5.26 Å². The van der Waals surface area contributed by atoms with Gasteiger partial charge in [0.15, 0.2) is 0 Å². The molecule has 1 aliphatic heterocycles. The maximum Gasteiger partial charge on any atom is 0.310 e. The van der Waals surface area contributed by atoms with Crippen LogP contribution in [0.1, 0.15) is 20.3 Å². The number of likely N-dealkylation sites (N-methyl/N-ethyl adjacent to an activating group) is 1. The van der Waals surface area contributed by atoms with E-state index in [4.69, 9.17) is 15.1 Å². The summed E-state index contributed by atoms with van der Waals surface area (Å²) in [7, 11) is 1.89. The molecule has 0 aromatic rings. The van der Waals surface area contributed by atoms with Crippen LogP contribution in [-0.2, 0) is 9.53 Å². The van der Waals surface area contributed by atoms with E-state index in [1.165, 1.54) is 0 Å². The highest BCUT2D eigenvalue weighted by atomic mass is 16.5. The second kappa shape index (κ2) is 5.48. The molecule has 1 heterocycles. The van der Waals surface area contributed by atoms with Crippen LogP contribution in [0.15, 0.2) is 0 Å². The molecule has 1 fully saturated rings. The van der Waals surface area contributed by atoms with Crippen LogP contribution in [0.4, 0.5) is 0 Å². The van der Waals surface area contributed by atoms with Gasteiger partial charge in [0, 0.05) is 6.04 Å². The van der Waals surface area contributed by atoms with Gasteiger partial charge in [-0.1, -0.05) is 0 Å². The molecule has 96 valence electrons. The van der Waals surface area contributed by atoms with E-state index < -0.39 is 11.9 Å². The molecule has 1 N–H and O–H groups in total. The summed E-state index contributed by atoms with van der Waals surface area (Å²) in [6.45, 7) is 5.23. The summed E-state index contributed by atoms with van der Waals surface area (Å²) < 4.78 is 5.22. The molecule has 0 spiro atoms. The van der Waals surface area contributed by atoms with Crippen molar-refractivity contribution in [1.82, 2.24) is 4.90 Å². The summed E-state index contributed by atoms with van der Waals surface area (Å²) in [5, 5.41) is 18.0. The second-order valence-electron chi connectivity index (χ2n) is 5.28. The third-order valence-corrected chi connectivity index (χ3v) is 3.33. The number of ether oxygens (including phenoxy) is 1. The topological polar surface area (TPSA) is 73.6 Å². The average molecular weight is 240 g/mol. The van der Waals surface area contributed by atoms with Gasteiger partial charge in [-0.3, -0.25) is 4.79 Å². The fraction of sp³-hybridized carbons (Fsp3) is 0.833. The first-order chi connectivity index (χ1) is 7.87. The Balaban J connectivity index is 2.50. The average Bonchev–Trinajstić information content (AvgIpc) is 2.75. The van der Waals surface area contributed by atoms with Crippen LogP contribution in [0, 0.1) is 22.7 Å². The van der Waals surface area contributed by atoms with Gasteiger partial charge in [-0.25, -0.2) is 0 Å². The molecule has 0 aromatic carbocycles. The fourth-order valence-corrected chi connectivity index (χ4v) is 1.89. The van der Waals surface area contributed by atoms with Crippen LogP contribution in [0.25, 0.3) is 0 Å². The normalized spacial score (nSPS) is 24.9. The Kier molecular flexibility index (Phi) is 4.49. The molecule has 1 aliphatic rings. The number of carboxylic acids is 1. The highest BCUT2D eigenvalue weighted by molar-refractivity contribution is 5.71. The van der Waals surface area contributed by atoms with Crippen molar-refractivity contribution >= 4 is 5.97 Å². The molecular formula is C12H20N2O3. The highest BCUT2D eigenvalue weighted by Gasteiger charge is 2.36. The van der Waals surface area contributed by atoms with E-state index in [1.807, 2.05) is 25.8 Å². The van der Waals surface area contributed by atoms with E-state index in [0.717, 1.165) is 6.42 Å². The number of nitrogens with zero attached hydrogens (tertiary/aromatic N) is 2. The van der Waals surface area contributed by atoms with E-state index in [9.17, 15) is 4.79 Å². The molecule has 5 heteroatoms. The minimum absolute atomic E-state index is 0.0815. The van der Waals surface area contributed by atoms with E-state index in [2.05, 4.69) is 6.07 Å². The SMILES string of the molecule is CN(CCC(C)(C)C#N)C1COCC1C(=O)O. The monoisotopic (exact) mass is 240 g/mol. The van der Waals surface area contributed by atoms with Gasteiger partial charge >= 0.3 is 5.97 Å². The third kappa shape index (κ3) is 3.69. The number of carbonyl (C=O) groups is 1. The van der Waals surface area contributed by atoms with Crippen molar-refractivity contribution < 1.29 is 14.6 Å². The molecule has 0 amide bonds. The van der Waals surface area contributed by atoms with Gasteiger partial charge in [-0.2, -0.15) is 5.26 Å². The summed E-state index contributed by atoms with van der Waals surface area (Å²) in [6, 6.07) is 2.17. The number of hydrogen-bond acceptors (Lipinski definition) is 4. The van der Waals surface area contributed by atoms with Crippen molar-refractivity contribution in [2.75, 3.05) is 26.8 Å². The van der Waals surface area contributed by atoms with Crippen LogP contribution in [0.3, 0.4) is 0 Å². The van der Waals surface area contributed by atoms with Gasteiger partial charge in [0.05, 0.1) is 30.6 Å². The Morgan fingerprint density at radius 2 is 2.24 bits per heavy atom. The zero-order chi connectivity index (χ0) is 13.1. The van der Waals surface area contributed by atoms with Gasteiger partial charge in [0.1, 0.15) is 0 Å². The number of nitriles is 1. The lowest BCUT2D eigenvalue weighted by Gasteiger charge is -2.28. The second-order valence-corrected chi connectivity index (χ2v) is 5.28. The molecule has 2 unspecified atom stereocenters. The van der Waals surface area contributed by atoms with E-state index >= 15 is 0 Å². The van der Waals surface area contributed by atoms with Crippen LogP contribution in [0.5, 0.6) is 0 Å². The first-order valence-corrected chi connectivity index (χ1v) is 5.79. The van der Waals surface area contributed by atoms with E-state index in [-0.39, 0.29) is 18.1 Å². The minimum atomic E-state index is -0.807. The van der Waals surface area contributed by atoms with Crippen LogP contribution >= 0.6 is 0 Å². The molecule has 2 atom stereocenters. The van der Waals surface area contributed by atoms with Crippen LogP contribution < -0.4 is 0 Å². The summed E-state index contributed by atoms with van der Waals surface area (Å²) in [6.07, 6.45) is 0.725. The summed E-state index contributed by atoms with van der Waals surface area (Å²) in [5.41, 5.74) is -0.369. The Morgan fingerprint density at radius 3 is 2.76 bits per heavy atom. The molecule has 17 heavy (non-hydrogen) atoms. The fourth-order valence-electron chi connectivity index (χ4n) is 1.89. The van der Waals surface area contributed by atoms with E-state index in [1.54, 1.807) is 0 Å². The predicted molar refractivity (Wildman–Crippen MR) is 62.4 cm³/mol. The molecule has 1 saturated heterocycles. The standard InChI is InChI=1S/C12H20N2O3/c1-12(2,8-13)4-5-14(3)10-7-17-6-9(10)11(15)16/h9-10H,4-7H2,1-3H3,(H,15,16). The zero-order valence-corrected chi connectivity index (χ0v) is 10.6. The largest absolute Gasteiger partial charge is 0.481 e. The highest BCUT2D eigenvalue weighted by Crippen LogP contribution is 2.23. The maximum atomic E-state index is 11.0. The first-order valence-electron chi connectivity index (χ1n) is 5.79. The zero-order valence-electron chi connectivity index (χ0n) is 10.6. The van der Waals surface area contributed by atoms with Crippen LogP contribution in [0.2, 0.25) is 0 Å². The van der Waals surface area contributed by atoms with Crippen LogP contribution in [-0.4, -0.2) is 48.8 Å². The minimum Gasteiger partial charge on any atom is -0.481 e. The van der Waals surface area contributed by atoms with Crippen molar-refractivity contribution in [3.8, 4) is 6.07 Å². The quantitative estimate of drug-likeness (QED) is 0.774. The molecular weight excluding hydrogens is 220 g/mol. The van der Waals surface area contributed by atoms with Gasteiger partial charge in [-0.15, -0.1) is 0 Å². The van der Waals surface area contributed by atoms with Gasteiger partial charge in [0.25, 0.3) is 0 Å². The molecule has 0 radical (unpaired) electrons. The lowest BCUT2D eigenvalue weighted by atomic mass is 9.91. The maximum absolute atomic E-state index is 11.0. The van der Waals surface area contributed by atoms with Crippen molar-refractivity contribution in [2.24, 2.45) is 11.3 Å². The number of aliphatic carboxylic acids is 1. The predicted octanol–water partition coefficient (Wildman–Crippen LogP) is 0.958. The van der Waals surface area contributed by atoms with Crippen molar-refractivity contribution in [2.45, 2.75) is 26.3 Å². The van der Waals surface area contributed by atoms with Crippen molar-refractivity contribution in [3.05, 3.63) is 0 Å². The van der Waals surface area contributed by atoms with Crippen molar-refractivity contribution in [3.63, 3.8) is 0 Å². The summed E-state index contributed by atoms with van der Waals surface area (Å²) >= 11 is 0. The molecule has 5 nitrogen and oxygen atoms in total. The lowest BCUT2D eigenvalue weighted by Crippen LogP contribution is -2.42. The smallest absolute Gasteiger partial charge is 0.310 e. The Bertz CT molecular complexity index is 322. The molecule has 0 bridgehead atoms. The number of carboxylic acid groups (broad SMARTS) is 1. The first kappa shape index (κ1) is 13.9. The summed E-state index contributed by atoms with van der Waals surface area (Å²) in [4.78, 5) is 13.0. The molecule has 1 rings (SSSR count). The van der Waals surface area contributed by atoms with Gasteiger partial charge < -0.3 is 14.7 Å². The number of rotatable bonds is 5. The molecule has 0 aliphatic carbocycles. The Labute approximate surface area is 102 Å². The summed E-state index contributed by atoms with van der Waals surface area (Å²) in [5.74, 6) is -1.26. The van der Waals surface area contributed by atoms with Gasteiger partial charge in [-0.05, 0) is 33.9 Å². The Hall–Kier alpha value is -1.12. The third-order valence-electron chi connectivity index (χ3n) is 3.33.